The summed E-state index contributed by atoms with van der Waals surface area (Å²) in [6.45, 7) is 0. The highest BCUT2D eigenvalue weighted by atomic mass is 35.5. The zero-order valence-corrected chi connectivity index (χ0v) is 12.7. The standard InChI is InChI=1S/C17H11ClN4O/c18-14-6-12-3-10(4-13(8-19)16(12)22-9-14)5-15-7-11(17(20)23)1-2-21-15/h1-4,6-7,9H,5H2,(H2,20,23). The lowest BCUT2D eigenvalue weighted by atomic mass is 10.0. The van der Waals surface area contributed by atoms with Gasteiger partial charge in [0.25, 0.3) is 0 Å². The van der Waals surface area contributed by atoms with Crippen LogP contribution in [0.2, 0.25) is 5.02 Å². The molecule has 0 atom stereocenters. The second-order valence-electron chi connectivity index (χ2n) is 5.06. The normalized spacial score (nSPS) is 10.4. The number of nitriles is 1. The third-order valence-corrected chi connectivity index (χ3v) is 3.62. The lowest BCUT2D eigenvalue weighted by Gasteiger charge is -2.06. The first-order chi connectivity index (χ1) is 11.1. The van der Waals surface area contributed by atoms with Crippen molar-refractivity contribution in [3.63, 3.8) is 0 Å². The molecule has 23 heavy (non-hydrogen) atoms. The van der Waals surface area contributed by atoms with E-state index >= 15 is 0 Å². The van der Waals surface area contributed by atoms with E-state index < -0.39 is 5.91 Å². The molecule has 3 rings (SSSR count). The summed E-state index contributed by atoms with van der Waals surface area (Å²) in [6.07, 6.45) is 3.53. The third-order valence-electron chi connectivity index (χ3n) is 3.42. The van der Waals surface area contributed by atoms with Gasteiger partial charge in [0, 0.05) is 35.5 Å². The topological polar surface area (TPSA) is 92.7 Å². The first kappa shape index (κ1) is 14.9. The summed E-state index contributed by atoms with van der Waals surface area (Å²) >= 11 is 5.97. The zero-order chi connectivity index (χ0) is 16.4. The second kappa shape index (κ2) is 6.03. The van der Waals surface area contributed by atoms with E-state index in [1.54, 1.807) is 30.5 Å². The van der Waals surface area contributed by atoms with Crippen molar-refractivity contribution in [2.45, 2.75) is 6.42 Å². The van der Waals surface area contributed by atoms with E-state index in [0.29, 0.717) is 33.8 Å². The van der Waals surface area contributed by atoms with Crippen LogP contribution in [-0.2, 0) is 6.42 Å². The molecular formula is C17H11ClN4O. The van der Waals surface area contributed by atoms with Gasteiger partial charge in [-0.3, -0.25) is 14.8 Å². The highest BCUT2D eigenvalue weighted by Crippen LogP contribution is 2.23. The number of benzene rings is 1. The van der Waals surface area contributed by atoms with Crippen LogP contribution in [-0.4, -0.2) is 15.9 Å². The molecule has 0 radical (unpaired) electrons. The lowest BCUT2D eigenvalue weighted by Crippen LogP contribution is -2.11. The average molecular weight is 323 g/mol. The molecule has 0 saturated heterocycles. The maximum absolute atomic E-state index is 11.2. The molecule has 0 saturated carbocycles. The van der Waals surface area contributed by atoms with Crippen LogP contribution in [0, 0.1) is 11.3 Å². The number of carbonyl (C=O) groups excluding carboxylic acids is 1. The summed E-state index contributed by atoms with van der Waals surface area (Å²) in [4.78, 5) is 19.7. The van der Waals surface area contributed by atoms with E-state index in [4.69, 9.17) is 17.3 Å². The molecule has 0 aliphatic rings. The van der Waals surface area contributed by atoms with E-state index in [1.165, 1.54) is 6.20 Å². The first-order valence-corrected chi connectivity index (χ1v) is 7.17. The number of carbonyl (C=O) groups is 1. The Morgan fingerprint density at radius 2 is 2.09 bits per heavy atom. The predicted octanol–water partition coefficient (Wildman–Crippen LogP) is 2.84. The third kappa shape index (κ3) is 3.12. The molecule has 0 fully saturated rings. The Labute approximate surface area is 137 Å². The minimum atomic E-state index is -0.499. The van der Waals surface area contributed by atoms with Gasteiger partial charge in [-0.25, -0.2) is 0 Å². The lowest BCUT2D eigenvalue weighted by molar-refractivity contribution is 0.1000. The largest absolute Gasteiger partial charge is 0.366 e. The predicted molar refractivity (Wildman–Crippen MR) is 87.0 cm³/mol. The summed E-state index contributed by atoms with van der Waals surface area (Å²) < 4.78 is 0. The van der Waals surface area contributed by atoms with E-state index in [-0.39, 0.29) is 0 Å². The van der Waals surface area contributed by atoms with Crippen LogP contribution >= 0.6 is 11.6 Å². The van der Waals surface area contributed by atoms with Gasteiger partial charge in [0.15, 0.2) is 0 Å². The number of nitrogens with two attached hydrogens (primary N) is 1. The maximum Gasteiger partial charge on any atom is 0.248 e. The number of hydrogen-bond donors (Lipinski definition) is 1. The molecule has 6 heteroatoms. The molecule has 2 N–H and O–H groups in total. The molecule has 0 bridgehead atoms. The first-order valence-electron chi connectivity index (χ1n) is 6.80. The minimum Gasteiger partial charge on any atom is -0.366 e. The van der Waals surface area contributed by atoms with Gasteiger partial charge in [-0.15, -0.1) is 0 Å². The van der Waals surface area contributed by atoms with Gasteiger partial charge in [-0.2, -0.15) is 5.26 Å². The van der Waals surface area contributed by atoms with E-state index in [9.17, 15) is 10.1 Å². The average Bonchev–Trinajstić information content (AvgIpc) is 2.54. The number of primary amides is 1. The van der Waals surface area contributed by atoms with Gasteiger partial charge < -0.3 is 5.73 Å². The molecule has 5 nitrogen and oxygen atoms in total. The minimum absolute atomic E-state index is 0.404. The summed E-state index contributed by atoms with van der Waals surface area (Å²) in [7, 11) is 0. The molecule has 1 aromatic carbocycles. The molecule has 112 valence electrons. The second-order valence-corrected chi connectivity index (χ2v) is 5.49. The SMILES string of the molecule is N#Cc1cc(Cc2cc(C(N)=O)ccn2)cc2cc(Cl)cnc12. The Hall–Kier alpha value is -2.97. The molecule has 2 aromatic heterocycles. The molecule has 0 aliphatic carbocycles. The van der Waals surface area contributed by atoms with Crippen molar-refractivity contribution in [2.24, 2.45) is 5.73 Å². The number of aromatic nitrogens is 2. The fraction of sp³-hybridized carbons (Fsp3) is 0.0588. The smallest absolute Gasteiger partial charge is 0.248 e. The Morgan fingerprint density at radius 1 is 1.26 bits per heavy atom. The molecular weight excluding hydrogens is 312 g/mol. The van der Waals surface area contributed by atoms with Crippen molar-refractivity contribution < 1.29 is 4.79 Å². The van der Waals surface area contributed by atoms with Crippen molar-refractivity contribution in [1.82, 2.24) is 9.97 Å². The Morgan fingerprint density at radius 3 is 2.83 bits per heavy atom. The summed E-state index contributed by atoms with van der Waals surface area (Å²) in [5, 5.41) is 10.6. The molecule has 2 heterocycles. The Bertz CT molecular complexity index is 962. The van der Waals surface area contributed by atoms with Crippen molar-refractivity contribution in [2.75, 3.05) is 0 Å². The van der Waals surface area contributed by atoms with E-state index in [1.807, 2.05) is 6.07 Å². The van der Waals surface area contributed by atoms with Crippen LogP contribution in [0.5, 0.6) is 0 Å². The molecule has 0 unspecified atom stereocenters. The van der Waals surface area contributed by atoms with Gasteiger partial charge in [0.05, 0.1) is 16.1 Å². The monoisotopic (exact) mass is 322 g/mol. The van der Waals surface area contributed by atoms with Gasteiger partial charge in [-0.1, -0.05) is 11.6 Å². The number of halogens is 1. The summed E-state index contributed by atoms with van der Waals surface area (Å²) in [5.41, 5.74) is 8.34. The van der Waals surface area contributed by atoms with E-state index in [2.05, 4.69) is 16.0 Å². The number of nitrogens with zero attached hydrogens (tertiary/aromatic N) is 3. The number of amides is 1. The molecule has 0 spiro atoms. The zero-order valence-electron chi connectivity index (χ0n) is 12.0. The highest BCUT2D eigenvalue weighted by Gasteiger charge is 2.08. The van der Waals surface area contributed by atoms with Crippen molar-refractivity contribution in [3.8, 4) is 6.07 Å². The van der Waals surface area contributed by atoms with Crippen LogP contribution in [0.1, 0.15) is 27.2 Å². The van der Waals surface area contributed by atoms with E-state index in [0.717, 1.165) is 10.9 Å². The Kier molecular flexibility index (Phi) is 3.92. The van der Waals surface area contributed by atoms with Crippen molar-refractivity contribution in [1.29, 1.82) is 5.26 Å². The highest BCUT2D eigenvalue weighted by molar-refractivity contribution is 6.31. The number of fused-ring (bicyclic) bond motifs is 1. The fourth-order valence-electron chi connectivity index (χ4n) is 2.41. The fourth-order valence-corrected chi connectivity index (χ4v) is 2.58. The molecule has 1 amide bonds. The quantitative estimate of drug-likeness (QED) is 0.802. The van der Waals surface area contributed by atoms with Crippen molar-refractivity contribution >= 4 is 28.4 Å². The number of hydrogen-bond acceptors (Lipinski definition) is 4. The van der Waals surface area contributed by atoms with Gasteiger partial charge >= 0.3 is 0 Å². The van der Waals surface area contributed by atoms with Crippen LogP contribution in [0.25, 0.3) is 10.9 Å². The van der Waals surface area contributed by atoms with Gasteiger partial charge in [0.2, 0.25) is 5.91 Å². The van der Waals surface area contributed by atoms with Crippen LogP contribution in [0.3, 0.4) is 0 Å². The molecule has 0 aliphatic heterocycles. The van der Waals surface area contributed by atoms with Crippen molar-refractivity contribution in [3.05, 3.63) is 70.1 Å². The van der Waals surface area contributed by atoms with Gasteiger partial charge in [0.1, 0.15) is 6.07 Å². The number of pyridine rings is 2. The van der Waals surface area contributed by atoms with Crippen LogP contribution in [0.4, 0.5) is 0 Å². The van der Waals surface area contributed by atoms with Crippen LogP contribution < -0.4 is 5.73 Å². The van der Waals surface area contributed by atoms with Crippen LogP contribution in [0.15, 0.2) is 42.7 Å². The summed E-state index contributed by atoms with van der Waals surface area (Å²) in [6, 6.07) is 10.8. The number of rotatable bonds is 3. The van der Waals surface area contributed by atoms with Gasteiger partial charge in [-0.05, 0) is 35.9 Å². The Balaban J connectivity index is 2.05. The summed E-state index contributed by atoms with van der Waals surface area (Å²) in [5.74, 6) is -0.499. The molecule has 3 aromatic rings. The maximum atomic E-state index is 11.2.